The van der Waals surface area contributed by atoms with Crippen LogP contribution in [-0.4, -0.2) is 42.3 Å². The summed E-state index contributed by atoms with van der Waals surface area (Å²) in [6.45, 7) is 7.39. The smallest absolute Gasteiger partial charge is 0.0558 e. The van der Waals surface area contributed by atoms with E-state index in [1.54, 1.807) is 0 Å². The predicted octanol–water partition coefficient (Wildman–Crippen LogP) is 4.39. The molecule has 0 aliphatic rings. The first-order chi connectivity index (χ1) is 11.1. The standard InChI is InChI=1S/C19H27ClN2O/c1-3-22(12-13-23)11-5-6-15(2)21-19-8-4-7-16-14-17(20)9-10-18(16)19/h4,7-10,14-15,21,23H,3,5-6,11-13H2,1-2H3. The number of halogens is 1. The fraction of sp³-hybridized carbons (Fsp3) is 0.474. The zero-order valence-corrected chi connectivity index (χ0v) is 14.8. The van der Waals surface area contributed by atoms with E-state index in [-0.39, 0.29) is 6.61 Å². The Bertz CT molecular complexity index is 617. The zero-order valence-electron chi connectivity index (χ0n) is 14.1. The summed E-state index contributed by atoms with van der Waals surface area (Å²) >= 11 is 6.07. The Kier molecular flexibility index (Phi) is 7.15. The Morgan fingerprint density at radius 1 is 1.22 bits per heavy atom. The number of nitrogens with zero attached hydrogens (tertiary/aromatic N) is 1. The lowest BCUT2D eigenvalue weighted by Crippen LogP contribution is -2.28. The number of nitrogens with one attached hydrogen (secondary N) is 1. The maximum absolute atomic E-state index is 9.03. The summed E-state index contributed by atoms with van der Waals surface area (Å²) in [5, 5.41) is 15.8. The van der Waals surface area contributed by atoms with Crippen LogP contribution in [0, 0.1) is 0 Å². The van der Waals surface area contributed by atoms with E-state index < -0.39 is 0 Å². The van der Waals surface area contributed by atoms with Gasteiger partial charge in [-0.05, 0) is 56.4 Å². The van der Waals surface area contributed by atoms with Gasteiger partial charge in [0.2, 0.25) is 0 Å². The van der Waals surface area contributed by atoms with Crippen LogP contribution in [0.25, 0.3) is 10.8 Å². The van der Waals surface area contributed by atoms with Crippen molar-refractivity contribution < 1.29 is 5.11 Å². The minimum Gasteiger partial charge on any atom is -0.395 e. The molecule has 2 N–H and O–H groups in total. The number of rotatable bonds is 9. The summed E-state index contributed by atoms with van der Waals surface area (Å²) < 4.78 is 0. The van der Waals surface area contributed by atoms with Gasteiger partial charge in [0.15, 0.2) is 0 Å². The number of hydrogen-bond acceptors (Lipinski definition) is 3. The van der Waals surface area contributed by atoms with Gasteiger partial charge in [0.1, 0.15) is 0 Å². The van der Waals surface area contributed by atoms with Gasteiger partial charge in [-0.1, -0.05) is 36.7 Å². The SMILES string of the molecule is CCN(CCO)CCCC(C)Nc1cccc2cc(Cl)ccc12. The van der Waals surface area contributed by atoms with Crippen molar-refractivity contribution in [2.24, 2.45) is 0 Å². The Hall–Kier alpha value is -1.29. The fourth-order valence-electron chi connectivity index (χ4n) is 2.91. The molecule has 126 valence electrons. The van der Waals surface area contributed by atoms with Crippen LogP contribution in [0.1, 0.15) is 26.7 Å². The van der Waals surface area contributed by atoms with Crippen molar-refractivity contribution in [3.63, 3.8) is 0 Å². The van der Waals surface area contributed by atoms with Crippen LogP contribution >= 0.6 is 11.6 Å². The van der Waals surface area contributed by atoms with Crippen LogP contribution in [0.3, 0.4) is 0 Å². The topological polar surface area (TPSA) is 35.5 Å². The first-order valence-electron chi connectivity index (χ1n) is 8.42. The maximum atomic E-state index is 9.03. The largest absolute Gasteiger partial charge is 0.395 e. The normalized spacial score (nSPS) is 12.7. The van der Waals surface area contributed by atoms with Crippen molar-refractivity contribution in [2.75, 3.05) is 31.6 Å². The molecule has 0 bridgehead atoms. The molecule has 3 nitrogen and oxygen atoms in total. The third-order valence-electron chi connectivity index (χ3n) is 4.22. The molecule has 1 unspecified atom stereocenters. The summed E-state index contributed by atoms with van der Waals surface area (Å²) in [6.07, 6.45) is 2.23. The average Bonchev–Trinajstić information content (AvgIpc) is 2.54. The zero-order chi connectivity index (χ0) is 16.7. The number of benzene rings is 2. The first kappa shape index (κ1) is 18.1. The van der Waals surface area contributed by atoms with E-state index in [2.05, 4.69) is 48.3 Å². The average molecular weight is 335 g/mol. The molecule has 4 heteroatoms. The molecule has 0 heterocycles. The van der Waals surface area contributed by atoms with Gasteiger partial charge in [-0.3, -0.25) is 0 Å². The molecule has 0 amide bonds. The van der Waals surface area contributed by atoms with Crippen molar-refractivity contribution in [2.45, 2.75) is 32.7 Å². The second kappa shape index (κ2) is 9.11. The molecule has 0 radical (unpaired) electrons. The molecule has 0 aromatic heterocycles. The Labute approximate surface area is 144 Å². The number of aliphatic hydroxyl groups excluding tert-OH is 1. The van der Waals surface area contributed by atoms with Crippen LogP contribution in [-0.2, 0) is 0 Å². The van der Waals surface area contributed by atoms with Gasteiger partial charge in [-0.2, -0.15) is 0 Å². The minimum absolute atomic E-state index is 0.236. The van der Waals surface area contributed by atoms with Crippen LogP contribution < -0.4 is 5.32 Å². The van der Waals surface area contributed by atoms with Gasteiger partial charge in [-0.25, -0.2) is 0 Å². The third-order valence-corrected chi connectivity index (χ3v) is 4.45. The van der Waals surface area contributed by atoms with E-state index in [1.165, 1.54) is 5.39 Å². The van der Waals surface area contributed by atoms with Gasteiger partial charge < -0.3 is 15.3 Å². The van der Waals surface area contributed by atoms with E-state index in [1.807, 2.05) is 12.1 Å². The summed E-state index contributed by atoms with van der Waals surface area (Å²) in [5.74, 6) is 0. The van der Waals surface area contributed by atoms with Crippen molar-refractivity contribution >= 4 is 28.1 Å². The molecule has 0 aliphatic heterocycles. The number of fused-ring (bicyclic) bond motifs is 1. The summed E-state index contributed by atoms with van der Waals surface area (Å²) in [6, 6.07) is 12.7. The molecule has 0 saturated carbocycles. The Balaban J connectivity index is 1.91. The number of aliphatic hydroxyl groups is 1. The number of likely N-dealkylation sites (N-methyl/N-ethyl adjacent to an activating group) is 1. The second-order valence-electron chi connectivity index (χ2n) is 6.02. The van der Waals surface area contributed by atoms with Crippen LogP contribution in [0.5, 0.6) is 0 Å². The lowest BCUT2D eigenvalue weighted by molar-refractivity contribution is 0.199. The molecule has 1 atom stereocenters. The van der Waals surface area contributed by atoms with E-state index >= 15 is 0 Å². The van der Waals surface area contributed by atoms with E-state index in [9.17, 15) is 0 Å². The molecular formula is C19H27ClN2O. The maximum Gasteiger partial charge on any atom is 0.0558 e. The van der Waals surface area contributed by atoms with E-state index in [4.69, 9.17) is 16.7 Å². The second-order valence-corrected chi connectivity index (χ2v) is 6.45. The molecule has 0 fully saturated rings. The first-order valence-corrected chi connectivity index (χ1v) is 8.80. The summed E-state index contributed by atoms with van der Waals surface area (Å²) in [4.78, 5) is 2.28. The molecule has 0 spiro atoms. The molecular weight excluding hydrogens is 308 g/mol. The minimum atomic E-state index is 0.236. The highest BCUT2D eigenvalue weighted by molar-refractivity contribution is 6.31. The molecule has 0 saturated heterocycles. The van der Waals surface area contributed by atoms with Crippen molar-refractivity contribution in [3.05, 3.63) is 41.4 Å². The highest BCUT2D eigenvalue weighted by Gasteiger charge is 2.07. The van der Waals surface area contributed by atoms with E-state index in [0.717, 1.165) is 48.6 Å². The highest BCUT2D eigenvalue weighted by Crippen LogP contribution is 2.27. The third kappa shape index (κ3) is 5.38. The van der Waals surface area contributed by atoms with Crippen LogP contribution in [0.15, 0.2) is 36.4 Å². The van der Waals surface area contributed by atoms with Crippen molar-refractivity contribution in [3.8, 4) is 0 Å². The van der Waals surface area contributed by atoms with Gasteiger partial charge >= 0.3 is 0 Å². The van der Waals surface area contributed by atoms with Crippen LogP contribution in [0.2, 0.25) is 5.02 Å². The molecule has 2 rings (SSSR count). The molecule has 23 heavy (non-hydrogen) atoms. The van der Waals surface area contributed by atoms with Gasteiger partial charge in [0.25, 0.3) is 0 Å². The summed E-state index contributed by atoms with van der Waals surface area (Å²) in [7, 11) is 0. The van der Waals surface area contributed by atoms with Crippen molar-refractivity contribution in [1.29, 1.82) is 0 Å². The summed E-state index contributed by atoms with van der Waals surface area (Å²) in [5.41, 5.74) is 1.16. The molecule has 2 aromatic carbocycles. The molecule has 0 aliphatic carbocycles. The highest BCUT2D eigenvalue weighted by atomic mass is 35.5. The number of anilines is 1. The van der Waals surface area contributed by atoms with Gasteiger partial charge in [0, 0.05) is 28.7 Å². The lowest BCUT2D eigenvalue weighted by Gasteiger charge is -2.21. The lowest BCUT2D eigenvalue weighted by atomic mass is 10.1. The number of hydrogen-bond donors (Lipinski definition) is 2. The predicted molar refractivity (Wildman–Crippen MR) is 100 cm³/mol. The monoisotopic (exact) mass is 334 g/mol. The van der Waals surface area contributed by atoms with Crippen molar-refractivity contribution in [1.82, 2.24) is 4.90 Å². The van der Waals surface area contributed by atoms with E-state index in [0.29, 0.717) is 6.04 Å². The fourth-order valence-corrected chi connectivity index (χ4v) is 3.09. The van der Waals surface area contributed by atoms with Crippen LogP contribution in [0.4, 0.5) is 5.69 Å². The van der Waals surface area contributed by atoms with Gasteiger partial charge in [-0.15, -0.1) is 0 Å². The Morgan fingerprint density at radius 2 is 2.04 bits per heavy atom. The quantitative estimate of drug-likeness (QED) is 0.714. The van der Waals surface area contributed by atoms with Gasteiger partial charge in [0.05, 0.1) is 6.61 Å². The Morgan fingerprint density at radius 3 is 2.78 bits per heavy atom. The molecule has 2 aromatic rings.